The Kier molecular flexibility index (Phi) is 6.43. The normalized spacial score (nSPS) is 11.2. The quantitative estimate of drug-likeness (QED) is 0.321. The maximum absolute atomic E-state index is 12.5. The van der Waals surface area contributed by atoms with E-state index in [1.54, 1.807) is 12.3 Å². The summed E-state index contributed by atoms with van der Waals surface area (Å²) in [5.41, 5.74) is 5.87. The number of carbonyl (C=O) groups excluding carboxylic acids is 2. The number of thioether (sulfide) groups is 1. The van der Waals surface area contributed by atoms with Gasteiger partial charge in [-0.15, -0.1) is 21.5 Å². The van der Waals surface area contributed by atoms with Crippen LogP contribution in [0, 0.1) is 20.8 Å². The average molecular weight is 470 g/mol. The predicted octanol–water partition coefficient (Wildman–Crippen LogP) is 4.10. The maximum atomic E-state index is 12.5. The number of anilines is 1. The van der Waals surface area contributed by atoms with Gasteiger partial charge in [-0.25, -0.2) is 4.98 Å². The van der Waals surface area contributed by atoms with Crippen LogP contribution in [0.2, 0.25) is 0 Å². The first-order valence-corrected chi connectivity index (χ1v) is 12.0. The van der Waals surface area contributed by atoms with Crippen molar-refractivity contribution >= 4 is 56.7 Å². The van der Waals surface area contributed by atoms with Gasteiger partial charge in [0.15, 0.2) is 15.9 Å². The third-order valence-corrected chi connectivity index (χ3v) is 6.59. The lowest BCUT2D eigenvalue weighted by atomic mass is 10.0. The van der Waals surface area contributed by atoms with E-state index in [1.807, 2.05) is 10.5 Å². The highest BCUT2D eigenvalue weighted by Crippen LogP contribution is 2.29. The molecule has 0 aliphatic carbocycles. The second kappa shape index (κ2) is 9.25. The van der Waals surface area contributed by atoms with Gasteiger partial charge in [0.2, 0.25) is 5.91 Å². The topological polar surface area (TPSA) is 98.5 Å². The Morgan fingerprint density at radius 3 is 2.75 bits per heavy atom. The lowest BCUT2D eigenvalue weighted by Crippen LogP contribution is -2.14. The highest BCUT2D eigenvalue weighted by molar-refractivity contribution is 7.99. The molecule has 4 aromatic rings. The maximum Gasteiger partial charge on any atom is 0.311 e. The molecule has 4 rings (SSSR count). The minimum absolute atomic E-state index is 0.0893. The number of esters is 1. The van der Waals surface area contributed by atoms with E-state index in [2.05, 4.69) is 53.4 Å². The van der Waals surface area contributed by atoms with E-state index in [1.165, 1.54) is 28.7 Å². The molecule has 1 amide bonds. The highest BCUT2D eigenvalue weighted by Gasteiger charge is 2.16. The molecule has 3 aromatic heterocycles. The zero-order valence-corrected chi connectivity index (χ0v) is 19.9. The molecule has 0 spiro atoms. The summed E-state index contributed by atoms with van der Waals surface area (Å²) in [6, 6.07) is 6.31. The monoisotopic (exact) mass is 469 g/mol. The van der Waals surface area contributed by atoms with Crippen LogP contribution in [-0.2, 0) is 20.7 Å². The number of benzene rings is 1. The molecule has 3 heterocycles. The number of nitrogens with one attached hydrogen (secondary N) is 1. The molecular formula is C22H23N5O3S2. The first-order chi connectivity index (χ1) is 15.4. The molecule has 0 unspecified atom stereocenters. The van der Waals surface area contributed by atoms with Gasteiger partial charge in [-0.2, -0.15) is 0 Å². The average Bonchev–Trinajstić information content (AvgIpc) is 3.33. The van der Waals surface area contributed by atoms with Crippen LogP contribution in [0.25, 0.3) is 16.6 Å². The highest BCUT2D eigenvalue weighted by atomic mass is 32.2. The lowest BCUT2D eigenvalue weighted by molar-refractivity contribution is -0.142. The SMILES string of the molecule is CCOC(=O)Cc1csc(NC(=O)CSc2nnc3cc(C)c4cc(C)cc(C)c4n23)n1. The van der Waals surface area contributed by atoms with Gasteiger partial charge in [0.25, 0.3) is 0 Å². The number of pyridine rings is 1. The minimum Gasteiger partial charge on any atom is -0.466 e. The third kappa shape index (κ3) is 4.61. The standard InChI is InChI=1S/C22H23N5O3S2/c1-5-30-19(29)9-15-10-31-21(23-15)24-18(28)11-32-22-26-25-17-8-13(3)16-7-12(2)6-14(4)20(16)27(17)22/h6-8,10H,5,9,11H2,1-4H3,(H,23,24,28). The van der Waals surface area contributed by atoms with Crippen molar-refractivity contribution in [2.45, 2.75) is 39.3 Å². The lowest BCUT2D eigenvalue weighted by Gasteiger charge is -2.11. The molecule has 0 saturated carbocycles. The summed E-state index contributed by atoms with van der Waals surface area (Å²) in [5, 5.41) is 15.4. The van der Waals surface area contributed by atoms with E-state index in [4.69, 9.17) is 4.74 Å². The van der Waals surface area contributed by atoms with Crippen molar-refractivity contribution in [3.63, 3.8) is 0 Å². The number of amides is 1. The van der Waals surface area contributed by atoms with Crippen molar-refractivity contribution in [3.8, 4) is 0 Å². The molecule has 166 valence electrons. The number of nitrogens with zero attached hydrogens (tertiary/aromatic N) is 4. The minimum atomic E-state index is -0.335. The Bertz CT molecular complexity index is 1330. The number of hydrogen-bond acceptors (Lipinski definition) is 8. The van der Waals surface area contributed by atoms with Gasteiger partial charge in [-0.1, -0.05) is 23.4 Å². The van der Waals surface area contributed by atoms with Gasteiger partial charge in [0.1, 0.15) is 0 Å². The molecule has 0 aliphatic rings. The Labute approximate surface area is 193 Å². The van der Waals surface area contributed by atoms with Gasteiger partial charge in [0, 0.05) is 10.8 Å². The summed E-state index contributed by atoms with van der Waals surface area (Å²) in [6.07, 6.45) is 0.0893. The molecule has 0 radical (unpaired) electrons. The second-order valence-corrected chi connectivity index (χ2v) is 9.24. The summed E-state index contributed by atoms with van der Waals surface area (Å²) in [5.74, 6) is -0.376. The molecule has 0 bridgehead atoms. The number of thiazole rings is 1. The Morgan fingerprint density at radius 1 is 1.16 bits per heavy atom. The Hall–Kier alpha value is -2.98. The van der Waals surface area contributed by atoms with Crippen LogP contribution in [0.4, 0.5) is 5.13 Å². The van der Waals surface area contributed by atoms with Crippen molar-refractivity contribution in [2.24, 2.45) is 0 Å². The summed E-state index contributed by atoms with van der Waals surface area (Å²) in [7, 11) is 0. The zero-order valence-electron chi connectivity index (χ0n) is 18.3. The fourth-order valence-corrected chi connectivity index (χ4v) is 5.07. The molecule has 1 N–H and O–H groups in total. The van der Waals surface area contributed by atoms with Gasteiger partial charge in [0.05, 0.1) is 30.0 Å². The fraction of sp³-hybridized carbons (Fsp3) is 0.318. The first kappa shape index (κ1) is 22.2. The van der Waals surface area contributed by atoms with Gasteiger partial charge < -0.3 is 10.1 Å². The van der Waals surface area contributed by atoms with Crippen molar-refractivity contribution in [2.75, 3.05) is 17.7 Å². The second-order valence-electron chi connectivity index (χ2n) is 7.44. The van der Waals surface area contributed by atoms with E-state index in [0.717, 1.165) is 27.7 Å². The number of aryl methyl sites for hydroxylation is 3. The van der Waals surface area contributed by atoms with Crippen molar-refractivity contribution in [1.29, 1.82) is 0 Å². The van der Waals surface area contributed by atoms with Crippen molar-refractivity contribution in [1.82, 2.24) is 19.6 Å². The van der Waals surface area contributed by atoms with Crippen LogP contribution < -0.4 is 5.32 Å². The summed E-state index contributed by atoms with van der Waals surface area (Å²) in [4.78, 5) is 28.4. The molecule has 1 aromatic carbocycles. The molecule has 0 aliphatic heterocycles. The van der Waals surface area contributed by atoms with Crippen molar-refractivity contribution < 1.29 is 14.3 Å². The van der Waals surface area contributed by atoms with E-state index >= 15 is 0 Å². The van der Waals surface area contributed by atoms with E-state index in [0.29, 0.717) is 22.6 Å². The van der Waals surface area contributed by atoms with Gasteiger partial charge in [-0.05, 0) is 51.0 Å². The molecule has 0 atom stereocenters. The van der Waals surface area contributed by atoms with Crippen LogP contribution in [0.5, 0.6) is 0 Å². The number of aromatic nitrogens is 4. The molecule has 0 fully saturated rings. The molecule has 0 saturated heterocycles. The number of hydrogen-bond donors (Lipinski definition) is 1. The predicted molar refractivity (Wildman–Crippen MR) is 127 cm³/mol. The van der Waals surface area contributed by atoms with Gasteiger partial charge >= 0.3 is 5.97 Å². The fourth-order valence-electron chi connectivity index (χ4n) is 3.60. The van der Waals surface area contributed by atoms with Crippen molar-refractivity contribution in [3.05, 3.63) is 46.0 Å². The van der Waals surface area contributed by atoms with Crippen LogP contribution in [-0.4, -0.2) is 43.8 Å². The van der Waals surface area contributed by atoms with E-state index < -0.39 is 0 Å². The number of ether oxygens (including phenoxy) is 1. The van der Waals surface area contributed by atoms with Crippen LogP contribution in [0.3, 0.4) is 0 Å². The zero-order chi connectivity index (χ0) is 22.8. The molecule has 8 nitrogen and oxygen atoms in total. The Morgan fingerprint density at radius 2 is 1.97 bits per heavy atom. The smallest absolute Gasteiger partial charge is 0.311 e. The summed E-state index contributed by atoms with van der Waals surface area (Å²) in [6.45, 7) is 8.31. The Balaban J connectivity index is 1.49. The van der Waals surface area contributed by atoms with E-state index in [9.17, 15) is 9.59 Å². The number of rotatable bonds is 7. The van der Waals surface area contributed by atoms with Crippen LogP contribution >= 0.6 is 23.1 Å². The summed E-state index contributed by atoms with van der Waals surface area (Å²) < 4.78 is 6.93. The number of fused-ring (bicyclic) bond motifs is 3. The van der Waals surface area contributed by atoms with Crippen LogP contribution in [0.1, 0.15) is 29.3 Å². The molecule has 32 heavy (non-hydrogen) atoms. The molecule has 10 heteroatoms. The van der Waals surface area contributed by atoms with Crippen LogP contribution in [0.15, 0.2) is 28.7 Å². The van der Waals surface area contributed by atoms with E-state index in [-0.39, 0.29) is 24.1 Å². The first-order valence-electron chi connectivity index (χ1n) is 10.1. The summed E-state index contributed by atoms with van der Waals surface area (Å²) >= 11 is 2.60. The van der Waals surface area contributed by atoms with Gasteiger partial charge in [-0.3, -0.25) is 14.0 Å². The number of carbonyl (C=O) groups is 2. The molecular weight excluding hydrogens is 446 g/mol. The third-order valence-electron chi connectivity index (χ3n) is 4.86. The largest absolute Gasteiger partial charge is 0.466 e.